The number of hydrogen-bond donors (Lipinski definition) is 2. The average Bonchev–Trinajstić information content (AvgIpc) is 2.39. The molecule has 0 aliphatic heterocycles. The molecule has 0 amide bonds. The zero-order chi connectivity index (χ0) is 13.1. The molecule has 92 valence electrons. The minimum atomic E-state index is -0.159. The summed E-state index contributed by atoms with van der Waals surface area (Å²) in [4.78, 5) is 4.18. The van der Waals surface area contributed by atoms with Crippen LogP contribution in [0.25, 0.3) is 10.9 Å². The van der Waals surface area contributed by atoms with E-state index in [2.05, 4.69) is 10.9 Å². The van der Waals surface area contributed by atoms with Gasteiger partial charge in [-0.1, -0.05) is 19.1 Å². The molecule has 3 N–H and O–H groups in total. The Morgan fingerprint density at radius 3 is 2.94 bits per heavy atom. The summed E-state index contributed by atoms with van der Waals surface area (Å²) in [6.07, 6.45) is 7.61. The number of aromatic hydroxyl groups is 1. The number of hydrogen-bond acceptors (Lipinski definition) is 3. The number of terminal acetylenes is 1. The molecule has 3 heteroatoms. The quantitative estimate of drug-likeness (QED) is 0.811. The summed E-state index contributed by atoms with van der Waals surface area (Å²) in [6.45, 7) is 2.03. The van der Waals surface area contributed by atoms with Gasteiger partial charge in [-0.25, -0.2) is 0 Å². The van der Waals surface area contributed by atoms with Gasteiger partial charge in [-0.2, -0.15) is 0 Å². The highest BCUT2D eigenvalue weighted by molar-refractivity contribution is 5.87. The zero-order valence-electron chi connectivity index (χ0n) is 10.3. The number of benzene rings is 1. The van der Waals surface area contributed by atoms with Crippen LogP contribution in [0.1, 0.15) is 24.9 Å². The van der Waals surface area contributed by atoms with Gasteiger partial charge in [0.1, 0.15) is 11.3 Å². The first-order valence-electron chi connectivity index (χ1n) is 5.90. The number of aromatic nitrogens is 1. The largest absolute Gasteiger partial charge is 0.506 e. The maximum Gasteiger partial charge on any atom is 0.141 e. The molecule has 0 spiro atoms. The lowest BCUT2D eigenvalue weighted by molar-refractivity contribution is 0.474. The zero-order valence-corrected chi connectivity index (χ0v) is 10.3. The topological polar surface area (TPSA) is 59.1 Å². The molecule has 18 heavy (non-hydrogen) atoms. The lowest BCUT2D eigenvalue weighted by Crippen LogP contribution is -2.19. The van der Waals surface area contributed by atoms with Crippen molar-refractivity contribution >= 4 is 10.9 Å². The third-order valence-electron chi connectivity index (χ3n) is 3.19. The molecule has 0 fully saturated rings. The summed E-state index contributed by atoms with van der Waals surface area (Å²) >= 11 is 0. The van der Waals surface area contributed by atoms with Crippen LogP contribution in [-0.2, 0) is 0 Å². The number of nitrogens with two attached hydrogens (primary N) is 1. The van der Waals surface area contributed by atoms with Gasteiger partial charge in [0.2, 0.25) is 0 Å². The van der Waals surface area contributed by atoms with E-state index >= 15 is 0 Å². The van der Waals surface area contributed by atoms with Gasteiger partial charge in [-0.05, 0) is 23.6 Å². The molecule has 2 rings (SSSR count). The number of nitrogens with zero attached hydrogens (tertiary/aromatic N) is 1. The van der Waals surface area contributed by atoms with E-state index in [1.165, 1.54) is 0 Å². The Hall–Kier alpha value is -2.05. The van der Waals surface area contributed by atoms with Crippen LogP contribution in [0.2, 0.25) is 0 Å². The molecule has 0 bridgehead atoms. The van der Waals surface area contributed by atoms with Crippen molar-refractivity contribution in [1.29, 1.82) is 0 Å². The van der Waals surface area contributed by atoms with Gasteiger partial charge < -0.3 is 10.8 Å². The molecule has 1 aromatic heterocycles. The average molecular weight is 240 g/mol. The van der Waals surface area contributed by atoms with Gasteiger partial charge in [-0.15, -0.1) is 12.3 Å². The van der Waals surface area contributed by atoms with Crippen molar-refractivity contribution in [3.05, 3.63) is 36.0 Å². The molecular formula is C15H16N2O. The van der Waals surface area contributed by atoms with Crippen LogP contribution >= 0.6 is 0 Å². The molecule has 2 aromatic rings. The predicted octanol–water partition coefficient (Wildman–Crippen LogP) is 2.60. The van der Waals surface area contributed by atoms with Crippen molar-refractivity contribution < 1.29 is 5.11 Å². The van der Waals surface area contributed by atoms with Crippen LogP contribution in [0.5, 0.6) is 5.75 Å². The van der Waals surface area contributed by atoms with Crippen LogP contribution in [-0.4, -0.2) is 10.1 Å². The van der Waals surface area contributed by atoms with E-state index in [1.54, 1.807) is 12.3 Å². The molecule has 0 radical (unpaired) electrons. The summed E-state index contributed by atoms with van der Waals surface area (Å²) < 4.78 is 0. The summed E-state index contributed by atoms with van der Waals surface area (Å²) in [6, 6.07) is 7.07. The Balaban J connectivity index is 2.52. The van der Waals surface area contributed by atoms with Gasteiger partial charge in [-0.3, -0.25) is 4.98 Å². The van der Waals surface area contributed by atoms with Crippen molar-refractivity contribution in [2.24, 2.45) is 11.7 Å². The lowest BCUT2D eigenvalue weighted by Gasteiger charge is -2.20. The van der Waals surface area contributed by atoms with Gasteiger partial charge in [0.05, 0.1) is 0 Å². The number of pyridine rings is 1. The Kier molecular flexibility index (Phi) is 3.50. The highest BCUT2D eigenvalue weighted by atomic mass is 16.3. The van der Waals surface area contributed by atoms with Crippen LogP contribution in [0.3, 0.4) is 0 Å². The van der Waals surface area contributed by atoms with E-state index in [4.69, 9.17) is 12.2 Å². The first-order chi connectivity index (χ1) is 8.65. The second-order valence-electron chi connectivity index (χ2n) is 4.48. The molecular weight excluding hydrogens is 224 g/mol. The second kappa shape index (κ2) is 5.07. The first kappa shape index (κ1) is 12.4. The van der Waals surface area contributed by atoms with Crippen LogP contribution in [0.4, 0.5) is 0 Å². The molecule has 2 atom stereocenters. The standard InChI is InChI=1S/C15H16N2O/c1-3-5-10(2)14(16)11-7-8-13(18)15-12(11)6-4-9-17-15/h1,4,6-10,14,18H,5,16H2,2H3. The van der Waals surface area contributed by atoms with Crippen molar-refractivity contribution in [2.75, 3.05) is 0 Å². The van der Waals surface area contributed by atoms with Gasteiger partial charge in [0.15, 0.2) is 0 Å². The van der Waals surface area contributed by atoms with Gasteiger partial charge >= 0.3 is 0 Å². The van der Waals surface area contributed by atoms with Crippen LogP contribution in [0.15, 0.2) is 30.5 Å². The van der Waals surface area contributed by atoms with E-state index in [1.807, 2.05) is 25.1 Å². The highest BCUT2D eigenvalue weighted by Gasteiger charge is 2.17. The molecule has 0 saturated heterocycles. The fourth-order valence-electron chi connectivity index (χ4n) is 2.09. The van der Waals surface area contributed by atoms with Crippen molar-refractivity contribution in [2.45, 2.75) is 19.4 Å². The van der Waals surface area contributed by atoms with Crippen molar-refractivity contribution in [1.82, 2.24) is 4.98 Å². The third kappa shape index (κ3) is 2.15. The minimum Gasteiger partial charge on any atom is -0.506 e. The summed E-state index contributed by atoms with van der Waals surface area (Å²) in [7, 11) is 0. The number of fused-ring (bicyclic) bond motifs is 1. The van der Waals surface area contributed by atoms with Gasteiger partial charge in [0.25, 0.3) is 0 Å². The maximum absolute atomic E-state index is 9.78. The van der Waals surface area contributed by atoms with Crippen LogP contribution < -0.4 is 5.73 Å². The number of rotatable bonds is 3. The normalized spacial score (nSPS) is 14.1. The summed E-state index contributed by atoms with van der Waals surface area (Å²) in [5, 5.41) is 10.7. The number of phenolic OH excluding ortho intramolecular Hbond substituents is 1. The second-order valence-corrected chi connectivity index (χ2v) is 4.48. The fourth-order valence-corrected chi connectivity index (χ4v) is 2.09. The fraction of sp³-hybridized carbons (Fsp3) is 0.267. The SMILES string of the molecule is C#CCC(C)C(N)c1ccc(O)c2ncccc12. The van der Waals surface area contributed by atoms with E-state index in [-0.39, 0.29) is 17.7 Å². The summed E-state index contributed by atoms with van der Waals surface area (Å²) in [5.41, 5.74) is 7.79. The maximum atomic E-state index is 9.78. The minimum absolute atomic E-state index is 0.159. The van der Waals surface area contributed by atoms with Crippen molar-refractivity contribution in [3.63, 3.8) is 0 Å². The van der Waals surface area contributed by atoms with E-state index in [0.717, 1.165) is 10.9 Å². The van der Waals surface area contributed by atoms with Crippen LogP contribution in [0, 0.1) is 18.3 Å². The molecule has 1 heterocycles. The van der Waals surface area contributed by atoms with E-state index in [9.17, 15) is 5.11 Å². The third-order valence-corrected chi connectivity index (χ3v) is 3.19. The van der Waals surface area contributed by atoms with E-state index in [0.29, 0.717) is 11.9 Å². The molecule has 0 aliphatic carbocycles. The summed E-state index contributed by atoms with van der Waals surface area (Å²) in [5.74, 6) is 2.99. The Labute approximate surface area is 107 Å². The molecule has 0 saturated carbocycles. The molecule has 3 nitrogen and oxygen atoms in total. The monoisotopic (exact) mass is 240 g/mol. The first-order valence-corrected chi connectivity index (χ1v) is 5.90. The highest BCUT2D eigenvalue weighted by Crippen LogP contribution is 2.31. The Morgan fingerprint density at radius 1 is 1.44 bits per heavy atom. The van der Waals surface area contributed by atoms with E-state index < -0.39 is 0 Å². The van der Waals surface area contributed by atoms with Gasteiger partial charge in [0, 0.05) is 24.0 Å². The Bertz CT molecular complexity index is 601. The molecule has 1 aromatic carbocycles. The predicted molar refractivity (Wildman–Crippen MR) is 73.0 cm³/mol. The Morgan fingerprint density at radius 2 is 2.22 bits per heavy atom. The molecule has 2 unspecified atom stereocenters. The number of phenols is 1. The smallest absolute Gasteiger partial charge is 0.141 e. The lowest BCUT2D eigenvalue weighted by atomic mass is 9.90. The van der Waals surface area contributed by atoms with Crippen molar-refractivity contribution in [3.8, 4) is 18.1 Å². The molecule has 0 aliphatic rings.